The second kappa shape index (κ2) is 4.25. The molecule has 88 valence electrons. The molecule has 2 rings (SSSR count). The van der Waals surface area contributed by atoms with Gasteiger partial charge in [0, 0.05) is 16.2 Å². The Morgan fingerprint density at radius 2 is 2.25 bits per heavy atom. The molecule has 1 fully saturated rings. The van der Waals surface area contributed by atoms with Crippen molar-refractivity contribution in [3.8, 4) is 5.88 Å². The van der Waals surface area contributed by atoms with Crippen LogP contribution in [0.2, 0.25) is 0 Å². The van der Waals surface area contributed by atoms with Crippen LogP contribution in [-0.4, -0.2) is 31.7 Å². The maximum atomic E-state index is 13.1. The molecule has 1 saturated heterocycles. The Morgan fingerprint density at radius 3 is 2.69 bits per heavy atom. The first kappa shape index (κ1) is 11.7. The van der Waals surface area contributed by atoms with Crippen molar-refractivity contribution in [3.63, 3.8) is 0 Å². The highest BCUT2D eigenvalue weighted by molar-refractivity contribution is 9.10. The zero-order valence-corrected chi connectivity index (χ0v) is 10.1. The van der Waals surface area contributed by atoms with Crippen molar-refractivity contribution in [2.45, 2.75) is 11.8 Å². The van der Waals surface area contributed by atoms with Gasteiger partial charge >= 0.3 is 0 Å². The number of rotatable bonds is 3. The zero-order chi connectivity index (χ0) is 11.8. The van der Waals surface area contributed by atoms with Crippen molar-refractivity contribution >= 4 is 15.9 Å². The number of ether oxygens (including phenoxy) is 2. The molecular weight excluding hydrogens is 284 g/mol. The molecule has 2 heterocycles. The van der Waals surface area contributed by atoms with Crippen molar-refractivity contribution in [2.24, 2.45) is 0 Å². The van der Waals surface area contributed by atoms with E-state index >= 15 is 0 Å². The molecule has 6 heteroatoms. The Hall–Kier alpha value is -0.750. The molecule has 0 amide bonds. The largest absolute Gasteiger partial charge is 0.481 e. The van der Waals surface area contributed by atoms with E-state index in [1.165, 1.54) is 13.3 Å². The highest BCUT2D eigenvalue weighted by Crippen LogP contribution is 2.42. The molecule has 1 aromatic rings. The molecule has 1 aromatic heterocycles. The smallest absolute Gasteiger partial charge is 0.252 e. The van der Waals surface area contributed by atoms with Crippen LogP contribution < -0.4 is 4.74 Å². The lowest BCUT2D eigenvalue weighted by Crippen LogP contribution is -2.52. The monoisotopic (exact) mass is 293 g/mol. The van der Waals surface area contributed by atoms with E-state index in [1.807, 2.05) is 0 Å². The summed E-state index contributed by atoms with van der Waals surface area (Å²) in [6, 6.07) is 1.61. The summed E-state index contributed by atoms with van der Waals surface area (Å²) >= 11 is 3.22. The Morgan fingerprint density at radius 1 is 1.56 bits per heavy atom. The van der Waals surface area contributed by atoms with Crippen LogP contribution in [0.25, 0.3) is 0 Å². The lowest BCUT2D eigenvalue weighted by atomic mass is 9.79. The van der Waals surface area contributed by atoms with E-state index in [-0.39, 0.29) is 19.1 Å². The number of methoxy groups -OCH3 is 1. The van der Waals surface area contributed by atoms with Gasteiger partial charge in [-0.2, -0.15) is 0 Å². The molecule has 0 spiro atoms. The number of hydrogen-bond donors (Lipinski definition) is 0. The Kier molecular flexibility index (Phi) is 3.12. The maximum absolute atomic E-state index is 13.1. The first-order chi connectivity index (χ1) is 7.60. The van der Waals surface area contributed by atoms with Crippen LogP contribution in [0.4, 0.5) is 8.78 Å². The third kappa shape index (κ3) is 1.69. The fourth-order valence-electron chi connectivity index (χ4n) is 1.67. The Labute approximate surface area is 99.9 Å². The van der Waals surface area contributed by atoms with E-state index in [1.54, 1.807) is 6.07 Å². The first-order valence-corrected chi connectivity index (χ1v) is 5.45. The average Bonchev–Trinajstić information content (AvgIpc) is 2.15. The van der Waals surface area contributed by atoms with Gasteiger partial charge in [-0.15, -0.1) is 0 Å². The van der Waals surface area contributed by atoms with Gasteiger partial charge in [0.2, 0.25) is 5.88 Å². The van der Waals surface area contributed by atoms with E-state index < -0.39 is 11.8 Å². The van der Waals surface area contributed by atoms with Gasteiger partial charge in [-0.25, -0.2) is 13.8 Å². The van der Waals surface area contributed by atoms with Gasteiger partial charge < -0.3 is 9.47 Å². The number of halogens is 3. The fourth-order valence-corrected chi connectivity index (χ4v) is 2.00. The van der Waals surface area contributed by atoms with Crippen molar-refractivity contribution in [1.29, 1.82) is 0 Å². The SMILES string of the molecule is COc1ncc(Br)cc1C1(C(F)F)COC1. The number of pyridine rings is 1. The van der Waals surface area contributed by atoms with Gasteiger partial charge in [0.05, 0.1) is 20.3 Å². The predicted octanol–water partition coefficient (Wildman–Crippen LogP) is 2.39. The second-order valence-corrected chi connectivity index (χ2v) is 4.58. The lowest BCUT2D eigenvalue weighted by Gasteiger charge is -2.41. The summed E-state index contributed by atoms with van der Waals surface area (Å²) in [5.74, 6) is 0.229. The Balaban J connectivity index is 2.48. The highest BCUT2D eigenvalue weighted by Gasteiger charge is 2.51. The van der Waals surface area contributed by atoms with Crippen LogP contribution in [0.1, 0.15) is 5.56 Å². The predicted molar refractivity (Wildman–Crippen MR) is 57.0 cm³/mol. The van der Waals surface area contributed by atoms with E-state index in [0.29, 0.717) is 10.0 Å². The average molecular weight is 294 g/mol. The van der Waals surface area contributed by atoms with Crippen LogP contribution >= 0.6 is 15.9 Å². The quantitative estimate of drug-likeness (QED) is 0.857. The zero-order valence-electron chi connectivity index (χ0n) is 8.54. The molecule has 1 aliphatic rings. The Bertz CT molecular complexity index is 396. The molecule has 3 nitrogen and oxygen atoms in total. The third-order valence-corrected chi connectivity index (χ3v) is 3.12. The molecule has 16 heavy (non-hydrogen) atoms. The second-order valence-electron chi connectivity index (χ2n) is 3.66. The van der Waals surface area contributed by atoms with Crippen molar-refractivity contribution < 1.29 is 18.3 Å². The summed E-state index contributed by atoms with van der Waals surface area (Å²) in [6.07, 6.45) is -0.979. The summed E-state index contributed by atoms with van der Waals surface area (Å²) in [5, 5.41) is 0. The van der Waals surface area contributed by atoms with E-state index in [0.717, 1.165) is 0 Å². The molecule has 0 N–H and O–H groups in total. The molecule has 0 aliphatic carbocycles. The normalized spacial score (nSPS) is 18.3. The standard InChI is InChI=1S/C10H10BrF2NO2/c1-15-8-7(2-6(11)3-14-8)10(9(12)13)4-16-5-10/h2-3,9H,4-5H2,1H3. The molecule has 0 saturated carbocycles. The minimum atomic E-state index is -2.49. The van der Waals surface area contributed by atoms with Crippen LogP contribution in [0.3, 0.4) is 0 Å². The van der Waals surface area contributed by atoms with Crippen LogP contribution in [0, 0.1) is 0 Å². The van der Waals surface area contributed by atoms with E-state index in [9.17, 15) is 8.78 Å². The number of alkyl halides is 2. The molecule has 1 aliphatic heterocycles. The summed E-state index contributed by atoms with van der Waals surface area (Å²) in [6.45, 7) is -0.00167. The van der Waals surface area contributed by atoms with Crippen LogP contribution in [-0.2, 0) is 10.2 Å². The first-order valence-electron chi connectivity index (χ1n) is 4.66. The minimum Gasteiger partial charge on any atom is -0.481 e. The van der Waals surface area contributed by atoms with Crippen molar-refractivity contribution in [1.82, 2.24) is 4.98 Å². The van der Waals surface area contributed by atoms with Crippen molar-refractivity contribution in [2.75, 3.05) is 20.3 Å². The van der Waals surface area contributed by atoms with E-state index in [4.69, 9.17) is 9.47 Å². The summed E-state index contributed by atoms with van der Waals surface area (Å²) < 4.78 is 36.8. The van der Waals surface area contributed by atoms with Crippen LogP contribution in [0.15, 0.2) is 16.7 Å². The molecule has 0 atom stereocenters. The minimum absolute atomic E-state index is 0.000833. The number of hydrogen-bond acceptors (Lipinski definition) is 3. The summed E-state index contributed by atoms with van der Waals surface area (Å²) in [5.41, 5.74) is -0.882. The van der Waals surface area contributed by atoms with Gasteiger partial charge in [-0.1, -0.05) is 0 Å². The molecule has 0 unspecified atom stereocenters. The topological polar surface area (TPSA) is 31.4 Å². The van der Waals surface area contributed by atoms with Gasteiger partial charge in [0.1, 0.15) is 5.41 Å². The fraction of sp³-hybridized carbons (Fsp3) is 0.500. The van der Waals surface area contributed by atoms with Crippen LogP contribution in [0.5, 0.6) is 5.88 Å². The highest BCUT2D eigenvalue weighted by atomic mass is 79.9. The van der Waals surface area contributed by atoms with Gasteiger partial charge in [-0.05, 0) is 22.0 Å². The number of aromatic nitrogens is 1. The number of nitrogens with zero attached hydrogens (tertiary/aromatic N) is 1. The van der Waals surface area contributed by atoms with Gasteiger partial charge in [-0.3, -0.25) is 0 Å². The van der Waals surface area contributed by atoms with Crippen molar-refractivity contribution in [3.05, 3.63) is 22.3 Å². The van der Waals surface area contributed by atoms with Gasteiger partial charge in [0.15, 0.2) is 0 Å². The molecule has 0 bridgehead atoms. The van der Waals surface area contributed by atoms with E-state index in [2.05, 4.69) is 20.9 Å². The summed E-state index contributed by atoms with van der Waals surface area (Å²) in [4.78, 5) is 3.97. The lowest BCUT2D eigenvalue weighted by molar-refractivity contribution is -0.134. The van der Waals surface area contributed by atoms with Gasteiger partial charge in [0.25, 0.3) is 6.43 Å². The maximum Gasteiger partial charge on any atom is 0.252 e. The summed E-state index contributed by atoms with van der Waals surface area (Å²) in [7, 11) is 1.42. The molecule has 0 aromatic carbocycles. The molecular formula is C10H10BrF2NO2. The molecule has 0 radical (unpaired) electrons. The third-order valence-electron chi connectivity index (χ3n) is 2.68.